The van der Waals surface area contributed by atoms with Gasteiger partial charge in [-0.15, -0.1) is 0 Å². The lowest BCUT2D eigenvalue weighted by atomic mass is 10.1. The van der Waals surface area contributed by atoms with Gasteiger partial charge in [-0.3, -0.25) is 9.59 Å². The van der Waals surface area contributed by atoms with Gasteiger partial charge in [-0.1, -0.05) is 0 Å². The number of benzene rings is 1. The number of aliphatic carboxylic acids is 1. The number of nitrogens with zero attached hydrogens (tertiary/aromatic N) is 1. The number of likely N-dealkylation sites (tertiary alicyclic amines) is 1. The molecule has 1 fully saturated rings. The molecule has 0 spiro atoms. The molecule has 1 saturated heterocycles. The minimum atomic E-state index is -0.913. The van der Waals surface area contributed by atoms with Crippen molar-refractivity contribution in [3.8, 4) is 11.5 Å². The summed E-state index contributed by atoms with van der Waals surface area (Å²) in [6.45, 7) is 0.525. The standard InChI is InChI=1S/C12H13NO5/c14-9-3-8(4-10(15)5-9)11(16)13-2-1-7(6-13)12(17)18/h3-5,7,14-15H,1-2,6H2,(H,17,18). The molecule has 1 aromatic carbocycles. The third-order valence-corrected chi connectivity index (χ3v) is 2.97. The van der Waals surface area contributed by atoms with Crippen LogP contribution in [0.2, 0.25) is 0 Å². The zero-order chi connectivity index (χ0) is 13.3. The summed E-state index contributed by atoms with van der Waals surface area (Å²) < 4.78 is 0. The highest BCUT2D eigenvalue weighted by Gasteiger charge is 2.31. The van der Waals surface area contributed by atoms with Crippen molar-refractivity contribution in [2.75, 3.05) is 13.1 Å². The number of carboxylic acid groups (broad SMARTS) is 1. The molecule has 1 aliphatic heterocycles. The number of rotatable bonds is 2. The van der Waals surface area contributed by atoms with Gasteiger partial charge in [-0.05, 0) is 18.6 Å². The van der Waals surface area contributed by atoms with Gasteiger partial charge >= 0.3 is 5.97 Å². The fourth-order valence-electron chi connectivity index (χ4n) is 2.05. The van der Waals surface area contributed by atoms with E-state index in [9.17, 15) is 19.8 Å². The summed E-state index contributed by atoms with van der Waals surface area (Å²) in [5.74, 6) is -2.24. The smallest absolute Gasteiger partial charge is 0.308 e. The van der Waals surface area contributed by atoms with Crippen molar-refractivity contribution < 1.29 is 24.9 Å². The summed E-state index contributed by atoms with van der Waals surface area (Å²) >= 11 is 0. The highest BCUT2D eigenvalue weighted by molar-refractivity contribution is 5.95. The maximum atomic E-state index is 12.0. The molecule has 2 rings (SSSR count). The summed E-state index contributed by atoms with van der Waals surface area (Å²) in [5.41, 5.74) is 0.151. The van der Waals surface area contributed by atoms with Gasteiger partial charge in [0.25, 0.3) is 5.91 Å². The van der Waals surface area contributed by atoms with E-state index in [0.717, 1.165) is 6.07 Å². The van der Waals surface area contributed by atoms with Crippen molar-refractivity contribution in [1.82, 2.24) is 4.90 Å². The Hall–Kier alpha value is -2.24. The number of phenols is 2. The normalized spacial score (nSPS) is 18.9. The molecule has 1 heterocycles. The second-order valence-corrected chi connectivity index (χ2v) is 4.31. The largest absolute Gasteiger partial charge is 0.508 e. The van der Waals surface area contributed by atoms with Gasteiger partial charge in [0, 0.05) is 24.7 Å². The van der Waals surface area contributed by atoms with Gasteiger partial charge in [0.2, 0.25) is 0 Å². The molecule has 3 N–H and O–H groups in total. The van der Waals surface area contributed by atoms with Crippen molar-refractivity contribution in [3.05, 3.63) is 23.8 Å². The van der Waals surface area contributed by atoms with Gasteiger partial charge < -0.3 is 20.2 Å². The molecule has 1 aromatic rings. The molecule has 1 unspecified atom stereocenters. The van der Waals surface area contributed by atoms with Crippen LogP contribution in [0.1, 0.15) is 16.8 Å². The minimum absolute atomic E-state index is 0.151. The van der Waals surface area contributed by atoms with Crippen LogP contribution in [-0.2, 0) is 4.79 Å². The van der Waals surface area contributed by atoms with E-state index in [2.05, 4.69) is 0 Å². The molecule has 6 heteroatoms. The summed E-state index contributed by atoms with van der Waals surface area (Å²) in [6.07, 6.45) is 0.422. The molecule has 1 aliphatic rings. The number of hydrogen-bond donors (Lipinski definition) is 3. The fraction of sp³-hybridized carbons (Fsp3) is 0.333. The molecule has 1 amide bonds. The van der Waals surface area contributed by atoms with E-state index in [-0.39, 0.29) is 29.5 Å². The van der Waals surface area contributed by atoms with Gasteiger partial charge in [-0.25, -0.2) is 0 Å². The lowest BCUT2D eigenvalue weighted by Gasteiger charge is -2.16. The highest BCUT2D eigenvalue weighted by Crippen LogP contribution is 2.24. The molecular formula is C12H13NO5. The third kappa shape index (κ3) is 2.37. The van der Waals surface area contributed by atoms with Gasteiger partial charge in [-0.2, -0.15) is 0 Å². The predicted molar refractivity (Wildman–Crippen MR) is 61.4 cm³/mol. The van der Waals surface area contributed by atoms with Crippen molar-refractivity contribution in [2.24, 2.45) is 5.92 Å². The Labute approximate surface area is 103 Å². The summed E-state index contributed by atoms with van der Waals surface area (Å²) in [6, 6.07) is 3.62. The Morgan fingerprint density at radius 3 is 2.28 bits per heavy atom. The minimum Gasteiger partial charge on any atom is -0.508 e. The van der Waals surface area contributed by atoms with Crippen LogP contribution < -0.4 is 0 Å². The maximum Gasteiger partial charge on any atom is 0.308 e. The van der Waals surface area contributed by atoms with Crippen LogP contribution in [0.3, 0.4) is 0 Å². The monoisotopic (exact) mass is 251 g/mol. The summed E-state index contributed by atoms with van der Waals surface area (Å²) in [5, 5.41) is 27.5. The van der Waals surface area contributed by atoms with Crippen LogP contribution in [0.5, 0.6) is 11.5 Å². The molecule has 0 aromatic heterocycles. The number of carbonyl (C=O) groups excluding carboxylic acids is 1. The zero-order valence-electron chi connectivity index (χ0n) is 9.54. The molecule has 18 heavy (non-hydrogen) atoms. The van der Waals surface area contributed by atoms with Crippen molar-refractivity contribution in [3.63, 3.8) is 0 Å². The second kappa shape index (κ2) is 4.56. The van der Waals surface area contributed by atoms with E-state index in [1.807, 2.05) is 0 Å². The lowest BCUT2D eigenvalue weighted by molar-refractivity contribution is -0.141. The van der Waals surface area contributed by atoms with E-state index >= 15 is 0 Å². The quantitative estimate of drug-likeness (QED) is 0.716. The predicted octanol–water partition coefficient (Wildman–Crippen LogP) is 0.644. The second-order valence-electron chi connectivity index (χ2n) is 4.31. The summed E-state index contributed by atoms with van der Waals surface area (Å²) in [7, 11) is 0. The Balaban J connectivity index is 2.15. The van der Waals surface area contributed by atoms with E-state index in [4.69, 9.17) is 5.11 Å². The average Bonchev–Trinajstić information content (AvgIpc) is 2.75. The number of carbonyl (C=O) groups is 2. The Kier molecular flexibility index (Phi) is 3.10. The molecule has 1 atom stereocenters. The van der Waals surface area contributed by atoms with Crippen molar-refractivity contribution >= 4 is 11.9 Å². The number of carboxylic acids is 1. The first kappa shape index (κ1) is 12.2. The van der Waals surface area contributed by atoms with Gasteiger partial charge in [0.1, 0.15) is 11.5 Å². The number of aromatic hydroxyl groups is 2. The van der Waals surface area contributed by atoms with E-state index in [1.54, 1.807) is 0 Å². The molecule has 0 aliphatic carbocycles. The average molecular weight is 251 g/mol. The van der Waals surface area contributed by atoms with Crippen LogP contribution >= 0.6 is 0 Å². The summed E-state index contributed by atoms with van der Waals surface area (Å²) in [4.78, 5) is 24.2. The molecule has 96 valence electrons. The SMILES string of the molecule is O=C(O)C1CCN(C(=O)c2cc(O)cc(O)c2)C1. The van der Waals surface area contributed by atoms with Gasteiger partial charge in [0.15, 0.2) is 0 Å². The van der Waals surface area contributed by atoms with Crippen molar-refractivity contribution in [1.29, 1.82) is 0 Å². The molecule has 6 nitrogen and oxygen atoms in total. The molecule has 0 bridgehead atoms. The number of hydrogen-bond acceptors (Lipinski definition) is 4. The first-order valence-corrected chi connectivity index (χ1v) is 5.52. The first-order chi connectivity index (χ1) is 8.47. The Morgan fingerprint density at radius 2 is 1.78 bits per heavy atom. The van der Waals surface area contributed by atoms with Crippen molar-refractivity contribution in [2.45, 2.75) is 6.42 Å². The maximum absolute atomic E-state index is 12.0. The number of amides is 1. The van der Waals surface area contributed by atoms with E-state index < -0.39 is 11.9 Å². The Bertz CT molecular complexity index is 479. The highest BCUT2D eigenvalue weighted by atomic mass is 16.4. The van der Waals surface area contributed by atoms with Crippen LogP contribution in [0.15, 0.2) is 18.2 Å². The van der Waals surface area contributed by atoms with Crippen LogP contribution in [0, 0.1) is 5.92 Å². The van der Waals surface area contributed by atoms with Crippen LogP contribution in [0.25, 0.3) is 0 Å². The Morgan fingerprint density at radius 1 is 1.17 bits per heavy atom. The lowest BCUT2D eigenvalue weighted by Crippen LogP contribution is -2.29. The fourth-order valence-corrected chi connectivity index (χ4v) is 2.05. The zero-order valence-corrected chi connectivity index (χ0v) is 9.54. The molecular weight excluding hydrogens is 238 g/mol. The third-order valence-electron chi connectivity index (χ3n) is 2.97. The van der Waals surface area contributed by atoms with E-state index in [0.29, 0.717) is 13.0 Å². The van der Waals surface area contributed by atoms with Gasteiger partial charge in [0.05, 0.1) is 5.92 Å². The topological polar surface area (TPSA) is 98.1 Å². The molecule has 0 radical (unpaired) electrons. The van der Waals surface area contributed by atoms with E-state index in [1.165, 1.54) is 17.0 Å². The van der Waals surface area contributed by atoms with Crippen LogP contribution in [-0.4, -0.2) is 45.2 Å². The van der Waals surface area contributed by atoms with Crippen LogP contribution in [0.4, 0.5) is 0 Å². The first-order valence-electron chi connectivity index (χ1n) is 5.52. The number of phenolic OH excluding ortho intramolecular Hbond substituents is 2. The molecule has 0 saturated carbocycles.